The smallest absolute Gasteiger partial charge is 0.271 e. The van der Waals surface area contributed by atoms with Crippen LogP contribution in [-0.2, 0) is 13.6 Å². The van der Waals surface area contributed by atoms with Crippen LogP contribution in [0, 0.1) is 0 Å². The van der Waals surface area contributed by atoms with Crippen molar-refractivity contribution in [3.8, 4) is 0 Å². The lowest BCUT2D eigenvalue weighted by atomic mass is 10.4. The summed E-state index contributed by atoms with van der Waals surface area (Å²) >= 11 is 0. The van der Waals surface area contributed by atoms with Crippen LogP contribution in [0.2, 0.25) is 0 Å². The van der Waals surface area contributed by atoms with Crippen LogP contribution in [0.15, 0.2) is 24.8 Å². The first kappa shape index (κ1) is 9.45. The monoisotopic (exact) mass is 205 g/mol. The number of imidazole rings is 1. The maximum atomic E-state index is 11.5. The number of carbonyl (C=O) groups is 1. The Balaban J connectivity index is 1.93. The highest BCUT2D eigenvalue weighted by atomic mass is 16.1. The summed E-state index contributed by atoms with van der Waals surface area (Å²) in [5.41, 5.74) is 1.27. The highest BCUT2D eigenvalue weighted by Gasteiger charge is 2.07. The number of nitrogens with one attached hydrogen (secondary N) is 2. The Morgan fingerprint density at radius 1 is 1.67 bits per heavy atom. The molecule has 0 aromatic carbocycles. The lowest BCUT2D eigenvalue weighted by molar-refractivity contribution is 0.0946. The summed E-state index contributed by atoms with van der Waals surface area (Å²) in [6.07, 6.45) is 4.90. The summed E-state index contributed by atoms with van der Waals surface area (Å²) < 4.78 is 1.73. The molecule has 0 atom stereocenters. The van der Waals surface area contributed by atoms with Gasteiger partial charge in [-0.05, 0) is 6.07 Å². The number of amides is 1. The molecular formula is C9H11N5O. The Hall–Kier alpha value is -2.11. The van der Waals surface area contributed by atoms with Gasteiger partial charge in [-0.3, -0.25) is 9.89 Å². The van der Waals surface area contributed by atoms with E-state index in [-0.39, 0.29) is 5.91 Å². The Morgan fingerprint density at radius 3 is 3.13 bits per heavy atom. The third-order valence-corrected chi connectivity index (χ3v) is 1.94. The van der Waals surface area contributed by atoms with Gasteiger partial charge in [0.05, 0.1) is 18.6 Å². The molecule has 0 saturated heterocycles. The van der Waals surface area contributed by atoms with Gasteiger partial charge in [0.2, 0.25) is 0 Å². The minimum absolute atomic E-state index is 0.190. The van der Waals surface area contributed by atoms with Gasteiger partial charge < -0.3 is 9.88 Å². The summed E-state index contributed by atoms with van der Waals surface area (Å²) in [5, 5.41) is 9.27. The molecule has 2 heterocycles. The van der Waals surface area contributed by atoms with Gasteiger partial charge in [0.1, 0.15) is 5.69 Å². The molecule has 2 aromatic heterocycles. The van der Waals surface area contributed by atoms with Crippen molar-refractivity contribution in [1.82, 2.24) is 25.1 Å². The Bertz CT molecular complexity index is 445. The van der Waals surface area contributed by atoms with Gasteiger partial charge in [-0.2, -0.15) is 5.10 Å². The van der Waals surface area contributed by atoms with Gasteiger partial charge in [-0.15, -0.1) is 0 Å². The van der Waals surface area contributed by atoms with E-state index >= 15 is 0 Å². The van der Waals surface area contributed by atoms with Crippen molar-refractivity contribution in [3.63, 3.8) is 0 Å². The van der Waals surface area contributed by atoms with Gasteiger partial charge in [-0.1, -0.05) is 0 Å². The van der Waals surface area contributed by atoms with Gasteiger partial charge in [0.15, 0.2) is 0 Å². The molecule has 0 aliphatic heterocycles. The fourth-order valence-electron chi connectivity index (χ4n) is 1.18. The van der Waals surface area contributed by atoms with E-state index in [0.717, 1.165) is 5.69 Å². The summed E-state index contributed by atoms with van der Waals surface area (Å²) in [6, 6.07) is 1.80. The molecule has 2 N–H and O–H groups in total. The van der Waals surface area contributed by atoms with Crippen LogP contribution in [-0.4, -0.2) is 25.7 Å². The zero-order chi connectivity index (χ0) is 10.7. The van der Waals surface area contributed by atoms with E-state index in [2.05, 4.69) is 20.5 Å². The predicted molar refractivity (Wildman–Crippen MR) is 53.0 cm³/mol. The number of hydrogen-bond acceptors (Lipinski definition) is 3. The van der Waals surface area contributed by atoms with Crippen molar-refractivity contribution in [2.75, 3.05) is 0 Å². The number of hydrogen-bond donors (Lipinski definition) is 2. The molecule has 0 aliphatic carbocycles. The molecule has 0 unspecified atom stereocenters. The molecule has 0 radical (unpaired) electrons. The van der Waals surface area contributed by atoms with Crippen molar-refractivity contribution in [2.45, 2.75) is 6.54 Å². The number of rotatable bonds is 3. The molecule has 6 nitrogen and oxygen atoms in total. The van der Waals surface area contributed by atoms with Crippen LogP contribution in [0.5, 0.6) is 0 Å². The van der Waals surface area contributed by atoms with Crippen LogP contribution in [0.25, 0.3) is 0 Å². The lowest BCUT2D eigenvalue weighted by Crippen LogP contribution is -2.23. The van der Waals surface area contributed by atoms with Crippen LogP contribution >= 0.6 is 0 Å². The topological polar surface area (TPSA) is 75.6 Å². The Kier molecular flexibility index (Phi) is 2.49. The molecule has 0 fully saturated rings. The average Bonchev–Trinajstić information content (AvgIpc) is 2.84. The van der Waals surface area contributed by atoms with E-state index in [1.165, 1.54) is 0 Å². The molecular weight excluding hydrogens is 194 g/mol. The predicted octanol–water partition coefficient (Wildman–Crippen LogP) is 0.0732. The van der Waals surface area contributed by atoms with Gasteiger partial charge in [-0.25, -0.2) is 4.98 Å². The molecule has 0 saturated carbocycles. The summed E-state index contributed by atoms with van der Waals surface area (Å²) in [4.78, 5) is 15.5. The largest absolute Gasteiger partial charge is 0.345 e. The molecule has 6 heteroatoms. The second kappa shape index (κ2) is 3.95. The maximum Gasteiger partial charge on any atom is 0.271 e. The van der Waals surface area contributed by atoms with Crippen LogP contribution < -0.4 is 5.32 Å². The minimum atomic E-state index is -0.190. The molecule has 15 heavy (non-hydrogen) atoms. The first-order valence-electron chi connectivity index (χ1n) is 4.50. The minimum Gasteiger partial charge on any atom is -0.345 e. The van der Waals surface area contributed by atoms with Crippen LogP contribution in [0.1, 0.15) is 16.2 Å². The SMILES string of the molecule is Cn1cnc(C(=O)NCc2ccn[nH]2)c1. The Labute approximate surface area is 86.3 Å². The van der Waals surface area contributed by atoms with Crippen molar-refractivity contribution in [2.24, 2.45) is 7.05 Å². The van der Waals surface area contributed by atoms with E-state index in [9.17, 15) is 4.79 Å². The van der Waals surface area contributed by atoms with Gasteiger partial charge >= 0.3 is 0 Å². The zero-order valence-corrected chi connectivity index (χ0v) is 8.27. The van der Waals surface area contributed by atoms with E-state index < -0.39 is 0 Å². The first-order chi connectivity index (χ1) is 7.25. The quantitative estimate of drug-likeness (QED) is 0.744. The highest BCUT2D eigenvalue weighted by Crippen LogP contribution is 1.95. The molecule has 2 rings (SSSR count). The van der Waals surface area contributed by atoms with Crippen molar-refractivity contribution in [1.29, 1.82) is 0 Å². The number of nitrogens with zero attached hydrogens (tertiary/aromatic N) is 3. The highest BCUT2D eigenvalue weighted by molar-refractivity contribution is 5.91. The van der Waals surface area contributed by atoms with Crippen molar-refractivity contribution >= 4 is 5.91 Å². The van der Waals surface area contributed by atoms with E-state index in [1.54, 1.807) is 29.4 Å². The van der Waals surface area contributed by atoms with E-state index in [0.29, 0.717) is 12.2 Å². The standard InChI is InChI=1S/C9H11N5O/c1-14-5-8(11-6-14)9(15)10-4-7-2-3-12-13-7/h2-3,5-6H,4H2,1H3,(H,10,15)(H,12,13). The number of aromatic nitrogens is 4. The average molecular weight is 205 g/mol. The summed E-state index contributed by atoms with van der Waals surface area (Å²) in [6.45, 7) is 0.426. The number of carbonyl (C=O) groups excluding carboxylic acids is 1. The second-order valence-electron chi connectivity index (χ2n) is 3.19. The van der Waals surface area contributed by atoms with Gasteiger partial charge in [0.25, 0.3) is 5.91 Å². The summed E-state index contributed by atoms with van der Waals surface area (Å²) in [7, 11) is 1.82. The molecule has 0 aliphatic rings. The van der Waals surface area contributed by atoms with Crippen molar-refractivity contribution < 1.29 is 4.79 Å². The summed E-state index contributed by atoms with van der Waals surface area (Å²) in [5.74, 6) is -0.190. The molecule has 78 valence electrons. The van der Waals surface area contributed by atoms with Crippen LogP contribution in [0.3, 0.4) is 0 Å². The van der Waals surface area contributed by atoms with E-state index in [4.69, 9.17) is 0 Å². The second-order valence-corrected chi connectivity index (χ2v) is 3.19. The Morgan fingerprint density at radius 2 is 2.53 bits per heavy atom. The maximum absolute atomic E-state index is 11.5. The van der Waals surface area contributed by atoms with Crippen LogP contribution in [0.4, 0.5) is 0 Å². The van der Waals surface area contributed by atoms with Gasteiger partial charge in [0, 0.05) is 19.4 Å². The number of aryl methyl sites for hydroxylation is 1. The molecule has 1 amide bonds. The molecule has 2 aromatic rings. The lowest BCUT2D eigenvalue weighted by Gasteiger charge is -1.99. The van der Waals surface area contributed by atoms with Crippen molar-refractivity contribution in [3.05, 3.63) is 36.2 Å². The fourth-order valence-corrected chi connectivity index (χ4v) is 1.18. The molecule has 0 bridgehead atoms. The fraction of sp³-hybridized carbons (Fsp3) is 0.222. The number of H-pyrrole nitrogens is 1. The normalized spacial score (nSPS) is 10.2. The first-order valence-corrected chi connectivity index (χ1v) is 4.50. The number of aromatic amines is 1. The van der Waals surface area contributed by atoms with E-state index in [1.807, 2.05) is 7.05 Å². The third-order valence-electron chi connectivity index (χ3n) is 1.94. The molecule has 0 spiro atoms. The zero-order valence-electron chi connectivity index (χ0n) is 8.27. The third kappa shape index (κ3) is 2.22.